The number of carbonyl (C=O) groups is 2. The first-order chi connectivity index (χ1) is 11.8. The SMILES string of the molecule is CCOC(=O)N1CCN(C(=O)CCn2nc(C)c([N+](=O)[O-])c2C)CC1. The lowest BCUT2D eigenvalue weighted by molar-refractivity contribution is -0.386. The molecular weight excluding hydrogens is 330 g/mol. The van der Waals surface area contributed by atoms with E-state index in [1.807, 2.05) is 0 Å². The number of hydrogen-bond acceptors (Lipinski definition) is 6. The molecule has 1 aliphatic rings. The summed E-state index contributed by atoms with van der Waals surface area (Å²) >= 11 is 0. The number of aryl methyl sites for hydroxylation is 2. The lowest BCUT2D eigenvalue weighted by Crippen LogP contribution is -2.50. The number of nitro groups is 1. The first-order valence-corrected chi connectivity index (χ1v) is 8.23. The van der Waals surface area contributed by atoms with Gasteiger partial charge in [0.2, 0.25) is 5.91 Å². The highest BCUT2D eigenvalue weighted by Crippen LogP contribution is 2.22. The van der Waals surface area contributed by atoms with Crippen molar-refractivity contribution in [2.75, 3.05) is 32.8 Å². The second kappa shape index (κ2) is 7.95. The number of piperazine rings is 1. The Bertz CT molecular complexity index is 664. The molecule has 0 aliphatic carbocycles. The minimum Gasteiger partial charge on any atom is -0.450 e. The summed E-state index contributed by atoms with van der Waals surface area (Å²) in [5.41, 5.74) is 0.788. The van der Waals surface area contributed by atoms with Crippen molar-refractivity contribution in [2.45, 2.75) is 33.7 Å². The zero-order chi connectivity index (χ0) is 18.6. The van der Waals surface area contributed by atoms with Crippen molar-refractivity contribution in [3.63, 3.8) is 0 Å². The molecule has 138 valence electrons. The molecule has 10 nitrogen and oxygen atoms in total. The largest absolute Gasteiger partial charge is 0.450 e. The van der Waals surface area contributed by atoms with E-state index in [1.54, 1.807) is 30.6 Å². The van der Waals surface area contributed by atoms with Gasteiger partial charge < -0.3 is 14.5 Å². The van der Waals surface area contributed by atoms with Gasteiger partial charge in [0.15, 0.2) is 0 Å². The molecule has 25 heavy (non-hydrogen) atoms. The number of hydrogen-bond donors (Lipinski definition) is 0. The van der Waals surface area contributed by atoms with Crippen molar-refractivity contribution >= 4 is 17.7 Å². The van der Waals surface area contributed by atoms with Crippen LogP contribution >= 0.6 is 0 Å². The average molecular weight is 353 g/mol. The zero-order valence-electron chi connectivity index (χ0n) is 14.7. The van der Waals surface area contributed by atoms with Gasteiger partial charge in [0.1, 0.15) is 11.4 Å². The van der Waals surface area contributed by atoms with Gasteiger partial charge in [0, 0.05) is 32.6 Å². The molecule has 2 heterocycles. The minimum absolute atomic E-state index is 0.00417. The van der Waals surface area contributed by atoms with Crippen LogP contribution < -0.4 is 0 Å². The summed E-state index contributed by atoms with van der Waals surface area (Å²) in [6.45, 7) is 7.36. The molecule has 0 atom stereocenters. The Labute approximate surface area is 145 Å². The first-order valence-electron chi connectivity index (χ1n) is 8.23. The Hall–Kier alpha value is -2.65. The van der Waals surface area contributed by atoms with Gasteiger partial charge in [-0.2, -0.15) is 5.10 Å². The van der Waals surface area contributed by atoms with Crippen LogP contribution in [0.1, 0.15) is 24.7 Å². The maximum absolute atomic E-state index is 12.3. The Morgan fingerprint density at radius 1 is 1.20 bits per heavy atom. The predicted molar refractivity (Wildman–Crippen MR) is 88.1 cm³/mol. The fraction of sp³-hybridized carbons (Fsp3) is 0.667. The maximum Gasteiger partial charge on any atom is 0.409 e. The van der Waals surface area contributed by atoms with Crippen LogP contribution in [0, 0.1) is 24.0 Å². The molecule has 1 aromatic heterocycles. The van der Waals surface area contributed by atoms with E-state index < -0.39 is 4.92 Å². The van der Waals surface area contributed by atoms with Crippen LogP contribution in [0.3, 0.4) is 0 Å². The lowest BCUT2D eigenvalue weighted by Gasteiger charge is -2.34. The van der Waals surface area contributed by atoms with Gasteiger partial charge >= 0.3 is 11.8 Å². The molecule has 2 amide bonds. The fourth-order valence-corrected chi connectivity index (χ4v) is 2.88. The molecule has 1 aliphatic heterocycles. The molecule has 0 saturated carbocycles. The molecule has 1 fully saturated rings. The van der Waals surface area contributed by atoms with Crippen molar-refractivity contribution in [2.24, 2.45) is 0 Å². The van der Waals surface area contributed by atoms with Gasteiger partial charge in [-0.1, -0.05) is 0 Å². The van der Waals surface area contributed by atoms with Crippen molar-refractivity contribution in [3.8, 4) is 0 Å². The normalized spacial score (nSPS) is 14.5. The van der Waals surface area contributed by atoms with Gasteiger partial charge in [0.25, 0.3) is 0 Å². The molecule has 1 aromatic rings. The van der Waals surface area contributed by atoms with Crippen LogP contribution in [0.15, 0.2) is 0 Å². The van der Waals surface area contributed by atoms with E-state index >= 15 is 0 Å². The number of ether oxygens (including phenoxy) is 1. The molecule has 0 unspecified atom stereocenters. The van der Waals surface area contributed by atoms with Crippen LogP contribution in [0.5, 0.6) is 0 Å². The maximum atomic E-state index is 12.3. The lowest BCUT2D eigenvalue weighted by atomic mass is 10.2. The molecule has 0 N–H and O–H groups in total. The Balaban J connectivity index is 1.87. The summed E-state index contributed by atoms with van der Waals surface area (Å²) in [4.78, 5) is 37.8. The topological polar surface area (TPSA) is 111 Å². The predicted octanol–water partition coefficient (Wildman–Crippen LogP) is 1.10. The van der Waals surface area contributed by atoms with Crippen LogP contribution in [-0.4, -0.2) is 69.3 Å². The Kier molecular flexibility index (Phi) is 5.94. The van der Waals surface area contributed by atoms with Gasteiger partial charge in [0.05, 0.1) is 18.1 Å². The molecule has 2 rings (SSSR count). The second-order valence-electron chi connectivity index (χ2n) is 5.82. The van der Waals surface area contributed by atoms with Crippen molar-refractivity contribution in [1.29, 1.82) is 0 Å². The average Bonchev–Trinajstić information content (AvgIpc) is 2.86. The monoisotopic (exact) mass is 353 g/mol. The van der Waals surface area contributed by atoms with Crippen molar-refractivity contribution in [1.82, 2.24) is 19.6 Å². The Morgan fingerprint density at radius 3 is 2.32 bits per heavy atom. The van der Waals surface area contributed by atoms with Crippen LogP contribution in [-0.2, 0) is 16.1 Å². The number of carbonyl (C=O) groups excluding carboxylic acids is 2. The second-order valence-corrected chi connectivity index (χ2v) is 5.82. The number of nitrogens with zero attached hydrogens (tertiary/aromatic N) is 5. The number of rotatable bonds is 5. The highest BCUT2D eigenvalue weighted by molar-refractivity contribution is 5.76. The molecule has 0 bridgehead atoms. The van der Waals surface area contributed by atoms with E-state index in [2.05, 4.69) is 5.10 Å². The van der Waals surface area contributed by atoms with Gasteiger partial charge in [-0.3, -0.25) is 19.6 Å². The molecule has 1 saturated heterocycles. The highest BCUT2D eigenvalue weighted by atomic mass is 16.6. The van der Waals surface area contributed by atoms with E-state index in [-0.39, 0.29) is 30.7 Å². The third-order valence-corrected chi connectivity index (χ3v) is 4.22. The van der Waals surface area contributed by atoms with Crippen LogP contribution in [0.25, 0.3) is 0 Å². The van der Waals surface area contributed by atoms with E-state index in [0.717, 1.165) is 0 Å². The van der Waals surface area contributed by atoms with Gasteiger partial charge in [-0.05, 0) is 20.8 Å². The summed E-state index contributed by atoms with van der Waals surface area (Å²) in [5.74, 6) is -0.0567. The van der Waals surface area contributed by atoms with Crippen LogP contribution in [0.2, 0.25) is 0 Å². The first kappa shape index (κ1) is 18.7. The standard InChI is InChI=1S/C15H23N5O5/c1-4-25-15(22)18-9-7-17(8-10-18)13(21)5-6-19-12(3)14(20(23)24)11(2)16-19/h4-10H2,1-3H3. The summed E-state index contributed by atoms with van der Waals surface area (Å²) in [7, 11) is 0. The highest BCUT2D eigenvalue weighted by Gasteiger charge is 2.26. The minimum atomic E-state index is -0.454. The summed E-state index contributed by atoms with van der Waals surface area (Å²) in [6, 6.07) is 0. The van der Waals surface area contributed by atoms with E-state index in [1.165, 1.54) is 4.68 Å². The molecule has 0 aromatic carbocycles. The number of aromatic nitrogens is 2. The van der Waals surface area contributed by atoms with Gasteiger partial charge in [-0.15, -0.1) is 0 Å². The smallest absolute Gasteiger partial charge is 0.409 e. The van der Waals surface area contributed by atoms with Crippen LogP contribution in [0.4, 0.5) is 10.5 Å². The third kappa shape index (κ3) is 4.25. The molecule has 0 radical (unpaired) electrons. The van der Waals surface area contributed by atoms with E-state index in [0.29, 0.717) is 44.2 Å². The molecular formula is C15H23N5O5. The van der Waals surface area contributed by atoms with Crippen molar-refractivity contribution in [3.05, 3.63) is 21.5 Å². The molecule has 0 spiro atoms. The summed E-state index contributed by atoms with van der Waals surface area (Å²) < 4.78 is 6.45. The Morgan fingerprint density at radius 2 is 1.80 bits per heavy atom. The summed E-state index contributed by atoms with van der Waals surface area (Å²) in [5, 5.41) is 15.1. The fourth-order valence-electron chi connectivity index (χ4n) is 2.88. The molecule has 10 heteroatoms. The summed E-state index contributed by atoms with van der Waals surface area (Å²) in [6.07, 6.45) is -0.150. The quantitative estimate of drug-likeness (QED) is 0.579. The zero-order valence-corrected chi connectivity index (χ0v) is 14.7. The number of amides is 2. The third-order valence-electron chi connectivity index (χ3n) is 4.22. The van der Waals surface area contributed by atoms with E-state index in [9.17, 15) is 19.7 Å². The van der Waals surface area contributed by atoms with Crippen molar-refractivity contribution < 1.29 is 19.2 Å². The van der Waals surface area contributed by atoms with Gasteiger partial charge in [-0.25, -0.2) is 4.79 Å². The van der Waals surface area contributed by atoms with E-state index in [4.69, 9.17) is 4.74 Å².